The highest BCUT2D eigenvalue weighted by Gasteiger charge is 2.29. The van der Waals surface area contributed by atoms with E-state index >= 15 is 0 Å². The third kappa shape index (κ3) is 2.79. The van der Waals surface area contributed by atoms with E-state index in [1.807, 2.05) is 13.0 Å². The zero-order chi connectivity index (χ0) is 13.8. The number of pyridine rings is 1. The summed E-state index contributed by atoms with van der Waals surface area (Å²) in [6.07, 6.45) is 2.56. The number of Topliss-reactive ketones (excluding diaryl/α,β-unsaturated/α-hetero) is 1. The SMILES string of the molecule is CCC1CN(C(=O)c2ccc(C#N)cn2)CCC1=O. The van der Waals surface area contributed by atoms with Crippen LogP contribution in [0.3, 0.4) is 0 Å². The van der Waals surface area contributed by atoms with Gasteiger partial charge in [-0.1, -0.05) is 6.92 Å². The average Bonchev–Trinajstić information content (AvgIpc) is 2.47. The van der Waals surface area contributed by atoms with E-state index in [0.29, 0.717) is 30.8 Å². The molecule has 5 heteroatoms. The largest absolute Gasteiger partial charge is 0.336 e. The third-order valence-electron chi connectivity index (χ3n) is 3.42. The summed E-state index contributed by atoms with van der Waals surface area (Å²) in [5.74, 6) is 0.00543. The highest BCUT2D eigenvalue weighted by Crippen LogP contribution is 2.17. The second-order valence-electron chi connectivity index (χ2n) is 4.62. The van der Waals surface area contributed by atoms with Crippen molar-refractivity contribution in [2.45, 2.75) is 19.8 Å². The van der Waals surface area contributed by atoms with E-state index in [1.165, 1.54) is 6.20 Å². The molecule has 1 atom stereocenters. The molecule has 0 radical (unpaired) electrons. The summed E-state index contributed by atoms with van der Waals surface area (Å²) in [4.78, 5) is 29.5. The van der Waals surface area contributed by atoms with E-state index in [1.54, 1.807) is 17.0 Å². The summed E-state index contributed by atoms with van der Waals surface area (Å²) < 4.78 is 0. The summed E-state index contributed by atoms with van der Waals surface area (Å²) in [6, 6.07) is 5.09. The number of hydrogen-bond donors (Lipinski definition) is 0. The molecule has 1 fully saturated rings. The fourth-order valence-corrected chi connectivity index (χ4v) is 2.20. The number of ketones is 1. The number of rotatable bonds is 2. The minimum atomic E-state index is -0.171. The first-order valence-corrected chi connectivity index (χ1v) is 6.33. The van der Waals surface area contributed by atoms with Crippen molar-refractivity contribution in [1.82, 2.24) is 9.88 Å². The second kappa shape index (κ2) is 5.61. The summed E-state index contributed by atoms with van der Waals surface area (Å²) in [7, 11) is 0. The second-order valence-corrected chi connectivity index (χ2v) is 4.62. The van der Waals surface area contributed by atoms with Crippen molar-refractivity contribution in [2.24, 2.45) is 5.92 Å². The molecule has 1 amide bonds. The standard InChI is InChI=1S/C14H15N3O2/c1-2-11-9-17(6-5-13(11)18)14(19)12-4-3-10(7-15)8-16-12/h3-4,8,11H,2,5-6,9H2,1H3. The molecule has 1 aromatic rings. The van der Waals surface area contributed by atoms with E-state index < -0.39 is 0 Å². The predicted octanol–water partition coefficient (Wildman–Crippen LogP) is 1.39. The number of aromatic nitrogens is 1. The average molecular weight is 257 g/mol. The van der Waals surface area contributed by atoms with Crippen LogP contribution >= 0.6 is 0 Å². The van der Waals surface area contributed by atoms with Gasteiger partial charge in [0.2, 0.25) is 0 Å². The molecule has 1 saturated heterocycles. The molecular weight excluding hydrogens is 242 g/mol. The van der Waals surface area contributed by atoms with Gasteiger partial charge in [-0.2, -0.15) is 5.26 Å². The maximum absolute atomic E-state index is 12.2. The summed E-state index contributed by atoms with van der Waals surface area (Å²) in [5.41, 5.74) is 0.750. The van der Waals surface area contributed by atoms with Gasteiger partial charge in [0.05, 0.1) is 5.56 Å². The van der Waals surface area contributed by atoms with Gasteiger partial charge in [0.25, 0.3) is 5.91 Å². The Labute approximate surface area is 111 Å². The molecular formula is C14H15N3O2. The zero-order valence-electron chi connectivity index (χ0n) is 10.8. The van der Waals surface area contributed by atoms with Crippen molar-refractivity contribution < 1.29 is 9.59 Å². The lowest BCUT2D eigenvalue weighted by Gasteiger charge is -2.31. The molecule has 1 aromatic heterocycles. The Morgan fingerprint density at radius 2 is 2.37 bits per heavy atom. The number of piperidine rings is 1. The van der Waals surface area contributed by atoms with Gasteiger partial charge in [0.1, 0.15) is 17.5 Å². The highest BCUT2D eigenvalue weighted by atomic mass is 16.2. The predicted molar refractivity (Wildman–Crippen MR) is 68.3 cm³/mol. The first-order chi connectivity index (χ1) is 9.15. The Morgan fingerprint density at radius 1 is 1.58 bits per heavy atom. The Kier molecular flexibility index (Phi) is 3.91. The minimum absolute atomic E-state index is 0.0592. The number of hydrogen-bond acceptors (Lipinski definition) is 4. The topological polar surface area (TPSA) is 74.1 Å². The molecule has 0 aliphatic carbocycles. The van der Waals surface area contributed by atoms with Gasteiger partial charge in [0, 0.05) is 31.6 Å². The van der Waals surface area contributed by atoms with E-state index in [0.717, 1.165) is 6.42 Å². The fraction of sp³-hybridized carbons (Fsp3) is 0.429. The van der Waals surface area contributed by atoms with E-state index in [2.05, 4.69) is 4.98 Å². The lowest BCUT2D eigenvalue weighted by atomic mass is 9.94. The van der Waals surface area contributed by atoms with Crippen LogP contribution in [0.15, 0.2) is 18.3 Å². The third-order valence-corrected chi connectivity index (χ3v) is 3.42. The monoisotopic (exact) mass is 257 g/mol. The van der Waals surface area contributed by atoms with E-state index in [9.17, 15) is 9.59 Å². The van der Waals surface area contributed by atoms with Crippen LogP contribution in [0.2, 0.25) is 0 Å². The van der Waals surface area contributed by atoms with Crippen LogP contribution in [-0.2, 0) is 4.79 Å². The molecule has 0 aromatic carbocycles. The number of carbonyl (C=O) groups excluding carboxylic acids is 2. The molecule has 98 valence electrons. The van der Waals surface area contributed by atoms with Gasteiger partial charge in [-0.3, -0.25) is 9.59 Å². The Morgan fingerprint density at radius 3 is 2.95 bits per heavy atom. The molecule has 0 spiro atoms. The van der Waals surface area contributed by atoms with Gasteiger partial charge < -0.3 is 4.90 Å². The molecule has 1 aliphatic rings. The Balaban J connectivity index is 2.11. The molecule has 0 N–H and O–H groups in total. The summed E-state index contributed by atoms with van der Waals surface area (Å²) in [6.45, 7) is 2.88. The zero-order valence-corrected chi connectivity index (χ0v) is 10.8. The normalized spacial score (nSPS) is 19.1. The van der Waals surface area contributed by atoms with Crippen LogP contribution in [-0.4, -0.2) is 34.7 Å². The Bertz CT molecular complexity index is 531. The quantitative estimate of drug-likeness (QED) is 0.802. The molecule has 0 saturated carbocycles. The summed E-state index contributed by atoms with van der Waals surface area (Å²) in [5, 5.41) is 8.69. The highest BCUT2D eigenvalue weighted by molar-refractivity contribution is 5.94. The van der Waals surface area contributed by atoms with Crippen molar-refractivity contribution in [2.75, 3.05) is 13.1 Å². The van der Waals surface area contributed by atoms with Crippen molar-refractivity contribution in [3.63, 3.8) is 0 Å². The van der Waals surface area contributed by atoms with Crippen LogP contribution in [0.5, 0.6) is 0 Å². The van der Waals surface area contributed by atoms with Crippen LogP contribution in [0.25, 0.3) is 0 Å². The number of amides is 1. The lowest BCUT2D eigenvalue weighted by molar-refractivity contribution is -0.125. The van der Waals surface area contributed by atoms with Gasteiger partial charge in [-0.25, -0.2) is 4.98 Å². The molecule has 5 nitrogen and oxygen atoms in total. The van der Waals surface area contributed by atoms with Gasteiger partial charge >= 0.3 is 0 Å². The van der Waals surface area contributed by atoms with Gasteiger partial charge in [-0.05, 0) is 18.6 Å². The maximum Gasteiger partial charge on any atom is 0.272 e. The number of nitriles is 1. The van der Waals surface area contributed by atoms with E-state index in [4.69, 9.17) is 5.26 Å². The van der Waals surface area contributed by atoms with E-state index in [-0.39, 0.29) is 17.6 Å². The van der Waals surface area contributed by atoms with Crippen molar-refractivity contribution in [3.8, 4) is 6.07 Å². The number of nitrogens with zero attached hydrogens (tertiary/aromatic N) is 3. The first-order valence-electron chi connectivity index (χ1n) is 6.33. The molecule has 2 heterocycles. The molecule has 2 rings (SSSR count). The molecule has 1 unspecified atom stereocenters. The van der Waals surface area contributed by atoms with Crippen molar-refractivity contribution >= 4 is 11.7 Å². The Hall–Kier alpha value is -2.22. The van der Waals surface area contributed by atoms with Crippen LogP contribution in [0, 0.1) is 17.2 Å². The molecule has 0 bridgehead atoms. The van der Waals surface area contributed by atoms with Crippen LogP contribution in [0.4, 0.5) is 0 Å². The summed E-state index contributed by atoms with van der Waals surface area (Å²) >= 11 is 0. The number of carbonyl (C=O) groups is 2. The van der Waals surface area contributed by atoms with Gasteiger partial charge in [0.15, 0.2) is 0 Å². The van der Waals surface area contributed by atoms with Crippen molar-refractivity contribution in [3.05, 3.63) is 29.6 Å². The van der Waals surface area contributed by atoms with Crippen LogP contribution in [0.1, 0.15) is 35.8 Å². The van der Waals surface area contributed by atoms with Crippen LogP contribution < -0.4 is 0 Å². The smallest absolute Gasteiger partial charge is 0.272 e. The number of likely N-dealkylation sites (tertiary alicyclic amines) is 1. The molecule has 1 aliphatic heterocycles. The maximum atomic E-state index is 12.2. The minimum Gasteiger partial charge on any atom is -0.336 e. The van der Waals surface area contributed by atoms with Crippen molar-refractivity contribution in [1.29, 1.82) is 5.26 Å². The van der Waals surface area contributed by atoms with Gasteiger partial charge in [-0.15, -0.1) is 0 Å². The molecule has 19 heavy (non-hydrogen) atoms. The lowest BCUT2D eigenvalue weighted by Crippen LogP contribution is -2.44. The fourth-order valence-electron chi connectivity index (χ4n) is 2.20. The first kappa shape index (κ1) is 13.2.